The number of imidazole rings is 1. The van der Waals surface area contributed by atoms with Crippen LogP contribution in [0, 0.1) is 0 Å². The van der Waals surface area contributed by atoms with Gasteiger partial charge in [0.1, 0.15) is 0 Å². The zero-order chi connectivity index (χ0) is 19.7. The Bertz CT molecular complexity index is 1060. The number of fused-ring (bicyclic) bond motifs is 1. The molecule has 0 radical (unpaired) electrons. The van der Waals surface area contributed by atoms with E-state index < -0.39 is 0 Å². The molecule has 1 N–H and O–H groups in total. The van der Waals surface area contributed by atoms with Gasteiger partial charge in [0.05, 0.1) is 16.7 Å². The number of anilines is 1. The minimum atomic E-state index is -0.133. The van der Waals surface area contributed by atoms with Gasteiger partial charge in [-0.15, -0.1) is 11.8 Å². The molecule has 28 heavy (non-hydrogen) atoms. The molecule has 1 aliphatic carbocycles. The van der Waals surface area contributed by atoms with E-state index in [2.05, 4.69) is 11.4 Å². The topological polar surface area (TPSA) is 56.0 Å². The minimum Gasteiger partial charge on any atom is -0.321 e. The maximum absolute atomic E-state index is 12.8. The SMILES string of the molecule is Cn1c(=O)n(C)c2cc(SC3CCCCC3)c(NC(=O)c3ccccc3)cc21. The summed E-state index contributed by atoms with van der Waals surface area (Å²) >= 11 is 1.83. The third-order valence-corrected chi connectivity index (χ3v) is 6.90. The predicted molar refractivity (Wildman–Crippen MR) is 115 cm³/mol. The summed E-state index contributed by atoms with van der Waals surface area (Å²) in [5, 5.41) is 3.64. The molecule has 0 unspecified atom stereocenters. The summed E-state index contributed by atoms with van der Waals surface area (Å²) in [4.78, 5) is 26.2. The lowest BCUT2D eigenvalue weighted by atomic mass is 10.0. The number of nitrogens with one attached hydrogen (secondary N) is 1. The number of carbonyl (C=O) groups excluding carboxylic acids is 1. The number of amides is 1. The van der Waals surface area contributed by atoms with Crippen molar-refractivity contribution in [2.75, 3.05) is 5.32 Å². The van der Waals surface area contributed by atoms with Crippen LogP contribution in [-0.2, 0) is 14.1 Å². The standard InChI is InChI=1S/C22H25N3O2S/c1-24-18-13-17(23-21(26)15-9-5-3-6-10-15)20(14-19(18)25(2)22(24)27)28-16-11-7-4-8-12-16/h3,5-6,9-10,13-14,16H,4,7-8,11-12H2,1-2H3,(H,23,26). The molecule has 6 heteroatoms. The van der Waals surface area contributed by atoms with Crippen LogP contribution in [0.1, 0.15) is 42.5 Å². The van der Waals surface area contributed by atoms with Crippen LogP contribution >= 0.6 is 11.8 Å². The summed E-state index contributed by atoms with van der Waals surface area (Å²) in [5.74, 6) is -0.133. The van der Waals surface area contributed by atoms with Crippen molar-refractivity contribution in [2.45, 2.75) is 42.2 Å². The third kappa shape index (κ3) is 3.61. The molecule has 1 fully saturated rings. The quantitative estimate of drug-likeness (QED) is 0.705. The molecule has 2 aromatic carbocycles. The second kappa shape index (κ2) is 7.87. The number of rotatable bonds is 4. The maximum atomic E-state index is 12.8. The van der Waals surface area contributed by atoms with Crippen LogP contribution in [0.25, 0.3) is 11.0 Å². The molecule has 0 spiro atoms. The normalized spacial score (nSPS) is 15.1. The summed E-state index contributed by atoms with van der Waals surface area (Å²) < 4.78 is 3.30. The molecule has 1 aromatic heterocycles. The number of nitrogens with zero attached hydrogens (tertiary/aromatic N) is 2. The Morgan fingerprint density at radius 3 is 2.32 bits per heavy atom. The van der Waals surface area contributed by atoms with E-state index in [1.165, 1.54) is 32.1 Å². The first-order chi connectivity index (χ1) is 13.5. The molecule has 0 atom stereocenters. The molecule has 1 amide bonds. The lowest BCUT2D eigenvalue weighted by Crippen LogP contribution is -2.19. The monoisotopic (exact) mass is 395 g/mol. The van der Waals surface area contributed by atoms with Crippen molar-refractivity contribution in [1.29, 1.82) is 0 Å². The average Bonchev–Trinajstić information content (AvgIpc) is 2.93. The highest BCUT2D eigenvalue weighted by Crippen LogP contribution is 2.39. The first-order valence-corrected chi connectivity index (χ1v) is 10.6. The van der Waals surface area contributed by atoms with Gasteiger partial charge in [-0.3, -0.25) is 13.9 Å². The van der Waals surface area contributed by atoms with Crippen molar-refractivity contribution in [3.05, 3.63) is 58.5 Å². The van der Waals surface area contributed by atoms with E-state index in [-0.39, 0.29) is 11.6 Å². The predicted octanol–water partition coefficient (Wildman–Crippen LogP) is 4.55. The molecule has 3 aromatic rings. The van der Waals surface area contributed by atoms with Gasteiger partial charge in [-0.1, -0.05) is 37.5 Å². The summed E-state index contributed by atoms with van der Waals surface area (Å²) in [6.07, 6.45) is 6.22. The fourth-order valence-corrected chi connectivity index (χ4v) is 5.21. The van der Waals surface area contributed by atoms with Gasteiger partial charge < -0.3 is 5.32 Å². The molecule has 0 bridgehead atoms. The molecule has 0 saturated heterocycles. The summed E-state index contributed by atoms with van der Waals surface area (Å²) in [6.45, 7) is 0. The van der Waals surface area contributed by atoms with Crippen LogP contribution in [0.15, 0.2) is 52.2 Å². The van der Waals surface area contributed by atoms with E-state index in [1.54, 1.807) is 35.4 Å². The fourth-order valence-electron chi connectivity index (χ4n) is 3.87. The van der Waals surface area contributed by atoms with Crippen molar-refractivity contribution in [1.82, 2.24) is 9.13 Å². The Hall–Kier alpha value is -2.47. The Labute approximate surface area is 168 Å². The van der Waals surface area contributed by atoms with Gasteiger partial charge in [-0.05, 0) is 37.1 Å². The lowest BCUT2D eigenvalue weighted by molar-refractivity contribution is 0.102. The Morgan fingerprint density at radius 2 is 1.64 bits per heavy atom. The van der Waals surface area contributed by atoms with E-state index in [0.717, 1.165) is 21.6 Å². The minimum absolute atomic E-state index is 0.0600. The number of benzene rings is 2. The highest BCUT2D eigenvalue weighted by Gasteiger charge is 2.20. The van der Waals surface area contributed by atoms with Crippen molar-refractivity contribution >= 4 is 34.4 Å². The first kappa shape index (κ1) is 18.9. The molecule has 1 saturated carbocycles. The third-order valence-electron chi connectivity index (χ3n) is 5.50. The highest BCUT2D eigenvalue weighted by molar-refractivity contribution is 8.00. The van der Waals surface area contributed by atoms with Gasteiger partial charge in [0.2, 0.25) is 0 Å². The van der Waals surface area contributed by atoms with Gasteiger partial charge in [0.25, 0.3) is 5.91 Å². The molecular formula is C22H25N3O2S. The number of aromatic nitrogens is 2. The van der Waals surface area contributed by atoms with Crippen molar-refractivity contribution in [3.8, 4) is 0 Å². The molecular weight excluding hydrogens is 370 g/mol. The van der Waals surface area contributed by atoms with Gasteiger partial charge >= 0.3 is 5.69 Å². The summed E-state index contributed by atoms with van der Waals surface area (Å²) in [6, 6.07) is 13.2. The van der Waals surface area contributed by atoms with Gasteiger partial charge in [-0.2, -0.15) is 0 Å². The first-order valence-electron chi connectivity index (χ1n) is 9.77. The molecule has 5 nitrogen and oxygen atoms in total. The van der Waals surface area contributed by atoms with Crippen LogP contribution in [-0.4, -0.2) is 20.3 Å². The van der Waals surface area contributed by atoms with E-state index in [4.69, 9.17) is 0 Å². The van der Waals surface area contributed by atoms with E-state index in [0.29, 0.717) is 10.8 Å². The van der Waals surface area contributed by atoms with Crippen LogP contribution < -0.4 is 11.0 Å². The number of aryl methyl sites for hydroxylation is 2. The van der Waals surface area contributed by atoms with Crippen LogP contribution in [0.4, 0.5) is 5.69 Å². The zero-order valence-corrected chi connectivity index (χ0v) is 17.1. The maximum Gasteiger partial charge on any atom is 0.328 e. The van der Waals surface area contributed by atoms with E-state index >= 15 is 0 Å². The number of thioether (sulfide) groups is 1. The van der Waals surface area contributed by atoms with Gasteiger partial charge in [0.15, 0.2) is 0 Å². The second-order valence-corrected chi connectivity index (χ2v) is 8.78. The highest BCUT2D eigenvalue weighted by atomic mass is 32.2. The summed E-state index contributed by atoms with van der Waals surface area (Å²) in [7, 11) is 3.56. The molecule has 146 valence electrons. The molecule has 4 rings (SSSR count). The van der Waals surface area contributed by atoms with E-state index in [1.807, 2.05) is 36.0 Å². The number of hydrogen-bond acceptors (Lipinski definition) is 3. The second-order valence-electron chi connectivity index (χ2n) is 7.44. The average molecular weight is 396 g/mol. The zero-order valence-electron chi connectivity index (χ0n) is 16.3. The number of carbonyl (C=O) groups is 1. The largest absolute Gasteiger partial charge is 0.328 e. The molecule has 1 aliphatic rings. The Balaban J connectivity index is 1.75. The van der Waals surface area contributed by atoms with Gasteiger partial charge in [-0.25, -0.2) is 4.79 Å². The van der Waals surface area contributed by atoms with Gasteiger partial charge in [0, 0.05) is 29.8 Å². The lowest BCUT2D eigenvalue weighted by Gasteiger charge is -2.22. The smallest absolute Gasteiger partial charge is 0.321 e. The Morgan fingerprint density at radius 1 is 1.00 bits per heavy atom. The van der Waals surface area contributed by atoms with Crippen LogP contribution in [0.3, 0.4) is 0 Å². The van der Waals surface area contributed by atoms with Crippen molar-refractivity contribution in [2.24, 2.45) is 14.1 Å². The summed E-state index contributed by atoms with van der Waals surface area (Å²) in [5.41, 5.74) is 3.05. The fraction of sp³-hybridized carbons (Fsp3) is 0.364. The van der Waals surface area contributed by atoms with E-state index in [9.17, 15) is 9.59 Å². The Kier molecular flexibility index (Phi) is 5.31. The molecule has 0 aliphatic heterocycles. The van der Waals surface area contributed by atoms with Crippen LogP contribution in [0.5, 0.6) is 0 Å². The van der Waals surface area contributed by atoms with Crippen molar-refractivity contribution in [3.63, 3.8) is 0 Å². The molecule has 1 heterocycles. The van der Waals surface area contributed by atoms with Crippen LogP contribution in [0.2, 0.25) is 0 Å². The number of hydrogen-bond donors (Lipinski definition) is 1. The van der Waals surface area contributed by atoms with Crippen molar-refractivity contribution < 1.29 is 4.79 Å².